The summed E-state index contributed by atoms with van der Waals surface area (Å²) in [6.45, 7) is 10.1. The second kappa shape index (κ2) is 19.8. The van der Waals surface area contributed by atoms with Crippen LogP contribution in [0.1, 0.15) is 51.4 Å². The molecule has 1 saturated heterocycles. The largest absolute Gasteiger partial charge is 0.491 e. The minimum Gasteiger partial charge on any atom is -0.491 e. The molecular weight excluding hydrogens is 781 g/mol. The number of carbonyl (C=O) groups is 3. The lowest BCUT2D eigenvalue weighted by atomic mass is 9.85. The standard InChI is InChI=1S/C46H56N6O7S/c1-29(31-8-10-33(11-9-31)42-30(2)47-28-60-42)48-44(55)40-25-36(53)26-52(40)45(56)43(46(3,4)5)50-41(54)27-58-21-20-57-22-23-59-37-17-19-39-34(24-37)14-18-38(49-39)32-12-15-35(16-13-32)51(6)7/h8-19,24,28-29,36,40,43,53H,20-23,25-27H2,1-7H3,(H,48,55)(H,50,54)/t29?,36-,40+,43?/m1/s1. The normalized spacial score (nSPS) is 16.4. The quantitative estimate of drug-likeness (QED) is 0.0926. The lowest BCUT2D eigenvalue weighted by Gasteiger charge is -2.35. The molecule has 3 N–H and O–H groups in total. The van der Waals surface area contributed by atoms with Crippen LogP contribution >= 0.6 is 11.3 Å². The van der Waals surface area contributed by atoms with E-state index in [9.17, 15) is 19.5 Å². The molecule has 13 nitrogen and oxygen atoms in total. The first-order valence-electron chi connectivity index (χ1n) is 20.2. The number of aliphatic hydroxyl groups excluding tert-OH is 1. The summed E-state index contributed by atoms with van der Waals surface area (Å²) in [5, 5.41) is 17.4. The summed E-state index contributed by atoms with van der Waals surface area (Å²) < 4.78 is 17.1. The lowest BCUT2D eigenvalue weighted by molar-refractivity contribution is -0.144. The summed E-state index contributed by atoms with van der Waals surface area (Å²) >= 11 is 1.58. The number of ether oxygens (including phenoxy) is 3. The molecule has 0 aliphatic carbocycles. The van der Waals surface area contributed by atoms with Gasteiger partial charge in [0.15, 0.2) is 0 Å². The smallest absolute Gasteiger partial charge is 0.246 e. The molecule has 0 spiro atoms. The van der Waals surface area contributed by atoms with Crippen LogP contribution in [-0.2, 0) is 23.9 Å². The summed E-state index contributed by atoms with van der Waals surface area (Å²) in [7, 11) is 4.03. The Morgan fingerprint density at radius 1 is 0.917 bits per heavy atom. The first-order chi connectivity index (χ1) is 28.7. The van der Waals surface area contributed by atoms with Crippen LogP contribution in [0.25, 0.3) is 32.6 Å². The van der Waals surface area contributed by atoms with E-state index >= 15 is 0 Å². The molecule has 1 fully saturated rings. The fourth-order valence-corrected chi connectivity index (χ4v) is 7.92. The highest BCUT2D eigenvalue weighted by atomic mass is 32.1. The molecule has 1 aliphatic heterocycles. The van der Waals surface area contributed by atoms with E-state index in [1.54, 1.807) is 11.3 Å². The number of rotatable bonds is 17. The predicted molar refractivity (Wildman–Crippen MR) is 235 cm³/mol. The second-order valence-electron chi connectivity index (χ2n) is 16.4. The Bertz CT molecular complexity index is 2240. The Labute approximate surface area is 356 Å². The fourth-order valence-electron chi connectivity index (χ4n) is 7.11. The van der Waals surface area contributed by atoms with Gasteiger partial charge in [0.25, 0.3) is 0 Å². The third-order valence-electron chi connectivity index (χ3n) is 10.5. The number of hydrogen-bond donors (Lipinski definition) is 3. The van der Waals surface area contributed by atoms with Crippen molar-refractivity contribution in [2.75, 3.05) is 58.6 Å². The van der Waals surface area contributed by atoms with Crippen LogP contribution < -0.4 is 20.3 Å². The van der Waals surface area contributed by atoms with Crippen LogP contribution in [0, 0.1) is 12.3 Å². The van der Waals surface area contributed by atoms with E-state index < -0.39 is 35.4 Å². The first-order valence-corrected chi connectivity index (χ1v) is 21.1. The van der Waals surface area contributed by atoms with Gasteiger partial charge in [-0.3, -0.25) is 14.4 Å². The number of fused-ring (bicyclic) bond motifs is 1. The molecule has 6 rings (SSSR count). The number of pyridine rings is 1. The molecule has 5 aromatic rings. The van der Waals surface area contributed by atoms with E-state index in [4.69, 9.17) is 19.2 Å². The SMILES string of the molecule is Cc1ncsc1-c1ccc(C(C)NC(=O)[C@@H]2C[C@@H](O)CN2C(=O)C(NC(=O)COCCOCCOc2ccc3nc(-c4ccc(N(C)C)cc4)ccc3c2)C(C)(C)C)cc1. The molecule has 318 valence electrons. The number of carbonyl (C=O) groups excluding carboxylic acids is 3. The molecule has 0 radical (unpaired) electrons. The van der Waals surface area contributed by atoms with Crippen molar-refractivity contribution in [3.63, 3.8) is 0 Å². The lowest BCUT2D eigenvalue weighted by Crippen LogP contribution is -2.58. The van der Waals surface area contributed by atoms with E-state index in [1.807, 2.05) is 109 Å². The van der Waals surface area contributed by atoms with Crippen molar-refractivity contribution in [2.45, 2.75) is 65.3 Å². The van der Waals surface area contributed by atoms with Gasteiger partial charge in [0.05, 0.1) is 59.3 Å². The molecule has 60 heavy (non-hydrogen) atoms. The van der Waals surface area contributed by atoms with Crippen LogP contribution in [0.15, 0.2) is 84.4 Å². The van der Waals surface area contributed by atoms with E-state index in [2.05, 4.69) is 44.8 Å². The molecule has 0 bridgehead atoms. The van der Waals surface area contributed by atoms with Crippen LogP contribution in [0.3, 0.4) is 0 Å². The number of aliphatic hydroxyl groups is 1. The summed E-state index contributed by atoms with van der Waals surface area (Å²) in [4.78, 5) is 54.3. The fraction of sp³-hybridized carbons (Fsp3) is 0.413. The third kappa shape index (κ3) is 11.2. The van der Waals surface area contributed by atoms with Gasteiger partial charge in [0.1, 0.15) is 31.0 Å². The van der Waals surface area contributed by atoms with Crippen molar-refractivity contribution in [3.8, 4) is 27.4 Å². The maximum absolute atomic E-state index is 14.0. The van der Waals surface area contributed by atoms with Crippen molar-refractivity contribution >= 4 is 45.6 Å². The number of anilines is 1. The Kier molecular flexibility index (Phi) is 14.5. The average Bonchev–Trinajstić information content (AvgIpc) is 3.85. The molecule has 3 amide bonds. The highest BCUT2D eigenvalue weighted by Crippen LogP contribution is 2.30. The number of amides is 3. The van der Waals surface area contributed by atoms with Gasteiger partial charge in [-0.1, -0.05) is 63.2 Å². The number of nitrogens with one attached hydrogen (secondary N) is 2. The number of aryl methyl sites for hydroxylation is 1. The summed E-state index contributed by atoms with van der Waals surface area (Å²) in [6.07, 6.45) is -0.774. The number of β-amino-alcohol motifs (C(OH)–C–C–N with tert-alkyl or cyclic N) is 1. The minimum absolute atomic E-state index is 0.0137. The predicted octanol–water partition coefficient (Wildman–Crippen LogP) is 6.18. The van der Waals surface area contributed by atoms with Crippen molar-refractivity contribution in [2.24, 2.45) is 5.41 Å². The van der Waals surface area contributed by atoms with Crippen molar-refractivity contribution in [1.29, 1.82) is 0 Å². The van der Waals surface area contributed by atoms with E-state index in [1.165, 1.54) is 4.90 Å². The molecule has 1 aliphatic rings. The van der Waals surface area contributed by atoms with Crippen molar-refractivity contribution in [3.05, 3.63) is 95.6 Å². The van der Waals surface area contributed by atoms with Crippen LogP contribution in [0.2, 0.25) is 0 Å². The topological polar surface area (TPSA) is 155 Å². The van der Waals surface area contributed by atoms with Gasteiger partial charge in [0, 0.05) is 43.7 Å². The number of hydrogen-bond acceptors (Lipinski definition) is 11. The highest BCUT2D eigenvalue weighted by Gasteiger charge is 2.44. The van der Waals surface area contributed by atoms with E-state index in [-0.39, 0.29) is 44.7 Å². The number of likely N-dealkylation sites (tertiary alicyclic amines) is 1. The highest BCUT2D eigenvalue weighted by molar-refractivity contribution is 7.13. The maximum atomic E-state index is 14.0. The Hall–Kier alpha value is -5.41. The molecule has 14 heteroatoms. The number of benzene rings is 3. The summed E-state index contributed by atoms with van der Waals surface area (Å²) in [5.41, 5.74) is 8.01. The number of nitrogens with zero attached hydrogens (tertiary/aromatic N) is 4. The van der Waals surface area contributed by atoms with Gasteiger partial charge in [-0.15, -0.1) is 11.3 Å². The number of thiazole rings is 1. The summed E-state index contributed by atoms with van der Waals surface area (Å²) in [6, 6.07) is 23.9. The van der Waals surface area contributed by atoms with E-state index in [0.29, 0.717) is 19.0 Å². The van der Waals surface area contributed by atoms with Gasteiger partial charge in [-0.2, -0.15) is 0 Å². The Balaban J connectivity index is 0.917. The van der Waals surface area contributed by atoms with Crippen LogP contribution in [-0.4, -0.2) is 110 Å². The molecule has 4 atom stereocenters. The Morgan fingerprint density at radius 2 is 1.62 bits per heavy atom. The second-order valence-corrected chi connectivity index (χ2v) is 17.2. The summed E-state index contributed by atoms with van der Waals surface area (Å²) in [5.74, 6) is -0.570. The Morgan fingerprint density at radius 3 is 2.30 bits per heavy atom. The zero-order valence-corrected chi connectivity index (χ0v) is 36.3. The molecule has 0 saturated carbocycles. The van der Waals surface area contributed by atoms with Crippen LogP contribution in [0.4, 0.5) is 5.69 Å². The van der Waals surface area contributed by atoms with Crippen molar-refractivity contribution in [1.82, 2.24) is 25.5 Å². The maximum Gasteiger partial charge on any atom is 0.246 e. The monoisotopic (exact) mass is 836 g/mol. The van der Waals surface area contributed by atoms with Crippen LogP contribution in [0.5, 0.6) is 5.75 Å². The average molecular weight is 837 g/mol. The van der Waals surface area contributed by atoms with Gasteiger partial charge < -0.3 is 39.8 Å². The molecule has 2 aromatic heterocycles. The first kappa shape index (κ1) is 44.2. The zero-order chi connectivity index (χ0) is 43.0. The molecule has 3 aromatic carbocycles. The third-order valence-corrected chi connectivity index (χ3v) is 11.5. The minimum atomic E-state index is -0.962. The molecule has 2 unspecified atom stereocenters. The van der Waals surface area contributed by atoms with Gasteiger partial charge in [-0.05, 0) is 66.8 Å². The zero-order valence-electron chi connectivity index (χ0n) is 35.4. The molecule has 3 heterocycles. The number of aromatic nitrogens is 2. The van der Waals surface area contributed by atoms with Gasteiger partial charge in [-0.25, -0.2) is 9.97 Å². The van der Waals surface area contributed by atoms with Gasteiger partial charge in [0.2, 0.25) is 17.7 Å². The molecular formula is C46H56N6O7S. The van der Waals surface area contributed by atoms with Crippen molar-refractivity contribution < 1.29 is 33.7 Å². The van der Waals surface area contributed by atoms with Gasteiger partial charge >= 0.3 is 0 Å². The van der Waals surface area contributed by atoms with E-state index in [0.717, 1.165) is 49.5 Å².